The average molecular weight is 203 g/mol. The molecular weight excluding hydrogens is 186 g/mol. The standard InChI is InChI=1S/C13H17NO/c1-11(10-14(3)12(2)15)9-13-7-5-4-6-8-13/h4-8H,1,9-10H2,2-3H3. The predicted molar refractivity (Wildman–Crippen MR) is 62.6 cm³/mol. The zero-order chi connectivity index (χ0) is 11.3. The molecule has 0 atom stereocenters. The van der Waals surface area contributed by atoms with Gasteiger partial charge in [0.2, 0.25) is 5.91 Å². The largest absolute Gasteiger partial charge is 0.342 e. The fourth-order valence-electron chi connectivity index (χ4n) is 1.39. The lowest BCUT2D eigenvalue weighted by Gasteiger charge is -2.16. The number of benzene rings is 1. The Balaban J connectivity index is 2.47. The van der Waals surface area contributed by atoms with Crippen molar-refractivity contribution in [3.8, 4) is 0 Å². The molecule has 0 aromatic heterocycles. The van der Waals surface area contributed by atoms with Gasteiger partial charge in [-0.05, 0) is 12.0 Å². The third kappa shape index (κ3) is 3.98. The first kappa shape index (κ1) is 11.5. The second kappa shape index (κ2) is 5.35. The van der Waals surface area contributed by atoms with Gasteiger partial charge in [0, 0.05) is 20.5 Å². The van der Waals surface area contributed by atoms with Gasteiger partial charge >= 0.3 is 0 Å². The topological polar surface area (TPSA) is 20.3 Å². The van der Waals surface area contributed by atoms with Gasteiger partial charge in [-0.15, -0.1) is 0 Å². The Bertz CT molecular complexity index is 343. The molecule has 0 N–H and O–H groups in total. The van der Waals surface area contributed by atoms with Crippen molar-refractivity contribution in [2.45, 2.75) is 13.3 Å². The van der Waals surface area contributed by atoms with Crippen molar-refractivity contribution in [1.29, 1.82) is 0 Å². The molecule has 0 spiro atoms. The van der Waals surface area contributed by atoms with Crippen LogP contribution in [0.3, 0.4) is 0 Å². The molecule has 0 radical (unpaired) electrons. The molecule has 80 valence electrons. The molecule has 0 aliphatic rings. The van der Waals surface area contributed by atoms with Gasteiger partial charge in [-0.2, -0.15) is 0 Å². The Labute approximate surface area is 91.2 Å². The van der Waals surface area contributed by atoms with Gasteiger partial charge in [-0.1, -0.05) is 42.5 Å². The molecule has 0 saturated carbocycles. The third-order valence-corrected chi connectivity index (χ3v) is 2.30. The molecule has 0 fully saturated rings. The fraction of sp³-hybridized carbons (Fsp3) is 0.308. The minimum Gasteiger partial charge on any atom is -0.342 e. The van der Waals surface area contributed by atoms with Crippen LogP contribution in [-0.4, -0.2) is 24.4 Å². The van der Waals surface area contributed by atoms with E-state index in [4.69, 9.17) is 0 Å². The average Bonchev–Trinajstić information content (AvgIpc) is 2.18. The van der Waals surface area contributed by atoms with Crippen LogP contribution in [0, 0.1) is 0 Å². The number of carbonyl (C=O) groups is 1. The van der Waals surface area contributed by atoms with Crippen LogP contribution >= 0.6 is 0 Å². The van der Waals surface area contributed by atoms with E-state index in [1.165, 1.54) is 5.56 Å². The second-order valence-electron chi connectivity index (χ2n) is 3.79. The minimum atomic E-state index is 0.0733. The quantitative estimate of drug-likeness (QED) is 0.687. The molecule has 0 heterocycles. The highest BCUT2D eigenvalue weighted by Crippen LogP contribution is 2.07. The van der Waals surface area contributed by atoms with Gasteiger partial charge in [-0.3, -0.25) is 4.79 Å². The van der Waals surface area contributed by atoms with E-state index in [0.29, 0.717) is 6.54 Å². The van der Waals surface area contributed by atoms with Crippen molar-refractivity contribution < 1.29 is 4.79 Å². The first-order chi connectivity index (χ1) is 7.09. The van der Waals surface area contributed by atoms with Crippen molar-refractivity contribution in [3.63, 3.8) is 0 Å². The fourth-order valence-corrected chi connectivity index (χ4v) is 1.39. The van der Waals surface area contributed by atoms with Crippen molar-refractivity contribution in [2.24, 2.45) is 0 Å². The summed E-state index contributed by atoms with van der Waals surface area (Å²) in [5.41, 5.74) is 2.29. The van der Waals surface area contributed by atoms with E-state index in [-0.39, 0.29) is 5.91 Å². The van der Waals surface area contributed by atoms with Crippen molar-refractivity contribution in [1.82, 2.24) is 4.90 Å². The van der Waals surface area contributed by atoms with Crippen LogP contribution in [0.2, 0.25) is 0 Å². The summed E-state index contributed by atoms with van der Waals surface area (Å²) in [6.07, 6.45) is 0.832. The molecule has 1 aromatic rings. The van der Waals surface area contributed by atoms with E-state index >= 15 is 0 Å². The summed E-state index contributed by atoms with van der Waals surface area (Å²) in [4.78, 5) is 12.7. The van der Waals surface area contributed by atoms with E-state index in [1.54, 1.807) is 18.9 Å². The molecule has 1 aromatic carbocycles. The number of nitrogens with zero attached hydrogens (tertiary/aromatic N) is 1. The number of likely N-dealkylation sites (N-methyl/N-ethyl adjacent to an activating group) is 1. The third-order valence-electron chi connectivity index (χ3n) is 2.30. The highest BCUT2D eigenvalue weighted by molar-refractivity contribution is 5.73. The molecule has 0 saturated heterocycles. The molecule has 15 heavy (non-hydrogen) atoms. The lowest BCUT2D eigenvalue weighted by atomic mass is 10.1. The highest BCUT2D eigenvalue weighted by Gasteiger charge is 2.04. The molecular formula is C13H17NO. The molecule has 0 unspecified atom stereocenters. The number of amides is 1. The molecule has 1 rings (SSSR count). The van der Waals surface area contributed by atoms with Crippen LogP contribution in [0.1, 0.15) is 12.5 Å². The number of hydrogen-bond donors (Lipinski definition) is 0. The molecule has 0 bridgehead atoms. The van der Waals surface area contributed by atoms with Crippen LogP contribution in [0.25, 0.3) is 0 Å². The van der Waals surface area contributed by atoms with Gasteiger partial charge in [0.05, 0.1) is 0 Å². The lowest BCUT2D eigenvalue weighted by Crippen LogP contribution is -2.26. The number of rotatable bonds is 4. The minimum absolute atomic E-state index is 0.0733. The monoisotopic (exact) mass is 203 g/mol. The molecule has 1 amide bonds. The Kier molecular flexibility index (Phi) is 4.10. The summed E-state index contributed by atoms with van der Waals surface area (Å²) in [6.45, 7) is 6.17. The van der Waals surface area contributed by atoms with Gasteiger partial charge in [0.25, 0.3) is 0 Å². The maximum Gasteiger partial charge on any atom is 0.219 e. The summed E-state index contributed by atoms with van der Waals surface area (Å²) >= 11 is 0. The summed E-state index contributed by atoms with van der Waals surface area (Å²) < 4.78 is 0. The smallest absolute Gasteiger partial charge is 0.219 e. The Morgan fingerprint density at radius 1 is 1.33 bits per heavy atom. The first-order valence-electron chi connectivity index (χ1n) is 5.02. The number of hydrogen-bond acceptors (Lipinski definition) is 1. The maximum atomic E-state index is 11.0. The first-order valence-corrected chi connectivity index (χ1v) is 5.02. The van der Waals surface area contributed by atoms with E-state index < -0.39 is 0 Å². The van der Waals surface area contributed by atoms with E-state index in [0.717, 1.165) is 12.0 Å². The summed E-state index contributed by atoms with van der Waals surface area (Å²) in [6, 6.07) is 10.2. The number of carbonyl (C=O) groups excluding carboxylic acids is 1. The van der Waals surface area contributed by atoms with E-state index in [9.17, 15) is 4.79 Å². The summed E-state index contributed by atoms with van der Waals surface area (Å²) in [5.74, 6) is 0.0733. The van der Waals surface area contributed by atoms with Crippen LogP contribution in [0.5, 0.6) is 0 Å². The Hall–Kier alpha value is -1.57. The molecule has 0 aliphatic heterocycles. The molecule has 0 aliphatic carbocycles. The highest BCUT2D eigenvalue weighted by atomic mass is 16.2. The van der Waals surface area contributed by atoms with Crippen molar-refractivity contribution in [2.75, 3.05) is 13.6 Å². The normalized spacial score (nSPS) is 9.73. The zero-order valence-electron chi connectivity index (χ0n) is 9.36. The Morgan fingerprint density at radius 3 is 2.47 bits per heavy atom. The van der Waals surface area contributed by atoms with E-state index in [2.05, 4.69) is 18.7 Å². The summed E-state index contributed by atoms with van der Waals surface area (Å²) in [5, 5.41) is 0. The van der Waals surface area contributed by atoms with Gasteiger partial charge < -0.3 is 4.90 Å². The molecule has 2 nitrogen and oxygen atoms in total. The SMILES string of the molecule is C=C(Cc1ccccc1)CN(C)C(C)=O. The maximum absolute atomic E-state index is 11.0. The van der Waals surface area contributed by atoms with Crippen molar-refractivity contribution in [3.05, 3.63) is 48.0 Å². The Morgan fingerprint density at radius 2 is 1.93 bits per heavy atom. The van der Waals surface area contributed by atoms with Crippen LogP contribution in [0.15, 0.2) is 42.5 Å². The predicted octanol–water partition coefficient (Wildman–Crippen LogP) is 2.26. The van der Waals surface area contributed by atoms with Crippen LogP contribution in [0.4, 0.5) is 0 Å². The van der Waals surface area contributed by atoms with Crippen molar-refractivity contribution >= 4 is 5.91 Å². The zero-order valence-corrected chi connectivity index (χ0v) is 9.36. The van der Waals surface area contributed by atoms with Gasteiger partial charge in [0.15, 0.2) is 0 Å². The van der Waals surface area contributed by atoms with Crippen LogP contribution < -0.4 is 0 Å². The van der Waals surface area contributed by atoms with Crippen LogP contribution in [-0.2, 0) is 11.2 Å². The summed E-state index contributed by atoms with van der Waals surface area (Å²) in [7, 11) is 1.79. The van der Waals surface area contributed by atoms with Gasteiger partial charge in [0.1, 0.15) is 0 Å². The van der Waals surface area contributed by atoms with Gasteiger partial charge in [-0.25, -0.2) is 0 Å². The molecule has 2 heteroatoms. The second-order valence-corrected chi connectivity index (χ2v) is 3.79. The lowest BCUT2D eigenvalue weighted by molar-refractivity contribution is -0.127. The van der Waals surface area contributed by atoms with E-state index in [1.807, 2.05) is 18.2 Å².